The summed E-state index contributed by atoms with van der Waals surface area (Å²) in [4.78, 5) is 23.2. The Morgan fingerprint density at radius 2 is 2.19 bits per heavy atom. The van der Waals surface area contributed by atoms with Crippen molar-refractivity contribution in [3.8, 4) is 5.75 Å². The zero-order valence-corrected chi connectivity index (χ0v) is 18.2. The Kier molecular flexibility index (Phi) is 6.48. The van der Waals surface area contributed by atoms with Gasteiger partial charge in [0.1, 0.15) is 17.7 Å². The van der Waals surface area contributed by atoms with Crippen molar-refractivity contribution in [1.29, 1.82) is 0 Å². The monoisotopic (exact) mass is 441 g/mol. The van der Waals surface area contributed by atoms with Crippen LogP contribution in [0.1, 0.15) is 39.4 Å². The maximum absolute atomic E-state index is 13.0. The normalized spacial score (nSPS) is 16.4. The fourth-order valence-electron chi connectivity index (χ4n) is 3.48. The van der Waals surface area contributed by atoms with Crippen molar-refractivity contribution in [2.45, 2.75) is 26.4 Å². The number of aromatic nitrogens is 4. The van der Waals surface area contributed by atoms with Gasteiger partial charge < -0.3 is 14.4 Å². The number of hydrogen-bond donors (Lipinski definition) is 1. The zero-order valence-electron chi connectivity index (χ0n) is 17.5. The Labute approximate surface area is 185 Å². The van der Waals surface area contributed by atoms with Crippen LogP contribution in [0, 0.1) is 13.8 Å². The highest BCUT2D eigenvalue weighted by Gasteiger charge is 2.28. The molecule has 4 rings (SSSR count). The van der Waals surface area contributed by atoms with Crippen molar-refractivity contribution in [3.63, 3.8) is 0 Å². The molecule has 0 unspecified atom stereocenters. The van der Waals surface area contributed by atoms with Gasteiger partial charge in [0, 0.05) is 24.9 Å². The van der Waals surface area contributed by atoms with Crippen molar-refractivity contribution in [3.05, 3.63) is 70.0 Å². The second-order valence-electron chi connectivity index (χ2n) is 7.37. The first kappa shape index (κ1) is 21.3. The summed E-state index contributed by atoms with van der Waals surface area (Å²) >= 11 is 6.11. The molecule has 1 aliphatic heterocycles. The minimum absolute atomic E-state index is 0.0882. The quantitative estimate of drug-likeness (QED) is 0.630. The summed E-state index contributed by atoms with van der Waals surface area (Å²) in [6.45, 7) is 5.48. The van der Waals surface area contributed by atoms with Gasteiger partial charge in [-0.3, -0.25) is 9.89 Å². The number of hydrogen-bond acceptors (Lipinski definition) is 6. The lowest BCUT2D eigenvalue weighted by molar-refractivity contribution is -0.0248. The highest BCUT2D eigenvalue weighted by atomic mass is 35.5. The average Bonchev–Trinajstić information content (AvgIpc) is 3.24. The molecular formula is C22H24ClN5O3. The molecule has 1 N–H and O–H groups in total. The van der Waals surface area contributed by atoms with E-state index in [9.17, 15) is 4.79 Å². The van der Waals surface area contributed by atoms with Crippen LogP contribution in [0.4, 0.5) is 0 Å². The van der Waals surface area contributed by atoms with Gasteiger partial charge in [-0.05, 0) is 32.0 Å². The number of nitrogens with zero attached hydrogens (tertiary/aromatic N) is 4. The molecular weight excluding hydrogens is 418 g/mol. The number of aryl methyl sites for hydroxylation is 2. The molecule has 1 fully saturated rings. The fraction of sp³-hybridized carbons (Fsp3) is 0.364. The van der Waals surface area contributed by atoms with Gasteiger partial charge in [0.15, 0.2) is 0 Å². The Bertz CT molecular complexity index is 1070. The van der Waals surface area contributed by atoms with Gasteiger partial charge in [-0.15, -0.1) is 0 Å². The minimum atomic E-state index is -0.293. The van der Waals surface area contributed by atoms with Crippen molar-refractivity contribution >= 4 is 17.5 Å². The van der Waals surface area contributed by atoms with E-state index in [1.807, 2.05) is 31.2 Å². The third-order valence-corrected chi connectivity index (χ3v) is 5.44. The van der Waals surface area contributed by atoms with Gasteiger partial charge in [-0.2, -0.15) is 5.10 Å². The third kappa shape index (κ3) is 5.03. The number of ether oxygens (including phenoxy) is 2. The molecule has 0 spiro atoms. The molecule has 0 aliphatic carbocycles. The van der Waals surface area contributed by atoms with Crippen molar-refractivity contribution < 1.29 is 14.3 Å². The molecule has 0 radical (unpaired) electrons. The Balaban J connectivity index is 1.36. The second kappa shape index (κ2) is 9.45. The van der Waals surface area contributed by atoms with Crippen LogP contribution in [0.5, 0.6) is 5.75 Å². The maximum atomic E-state index is 13.0. The van der Waals surface area contributed by atoms with Gasteiger partial charge in [0.25, 0.3) is 5.91 Å². The standard InChI is InChI=1S/C22H24ClN5O3/c1-14-17(12-24-15(2)25-14)22(29)28-8-10-31-21(13-28)19-11-16(26-27-19)7-9-30-20-6-4-3-5-18(20)23/h3-6,11-12,21H,7-10,13H2,1-2H3,(H,26,27)/t21-/m0/s1. The van der Waals surface area contributed by atoms with Crippen LogP contribution in [-0.4, -0.2) is 57.3 Å². The van der Waals surface area contributed by atoms with E-state index in [1.165, 1.54) is 0 Å². The highest BCUT2D eigenvalue weighted by Crippen LogP contribution is 2.25. The number of rotatable bonds is 6. The number of amides is 1. The van der Waals surface area contributed by atoms with Gasteiger partial charge >= 0.3 is 0 Å². The van der Waals surface area contributed by atoms with Crippen LogP contribution in [0.3, 0.4) is 0 Å². The Morgan fingerprint density at radius 3 is 3.00 bits per heavy atom. The largest absolute Gasteiger partial charge is 0.492 e. The predicted octanol–water partition coefficient (Wildman–Crippen LogP) is 3.31. The van der Waals surface area contributed by atoms with E-state index in [1.54, 1.807) is 24.1 Å². The number of H-pyrrole nitrogens is 1. The molecule has 8 nitrogen and oxygen atoms in total. The van der Waals surface area contributed by atoms with E-state index in [2.05, 4.69) is 20.2 Å². The molecule has 1 amide bonds. The number of carbonyl (C=O) groups excluding carboxylic acids is 1. The molecule has 9 heteroatoms. The first-order valence-corrected chi connectivity index (χ1v) is 10.5. The SMILES string of the molecule is Cc1ncc(C(=O)N2CCO[C@H](c3cc(CCOc4ccccc4Cl)[nH]n3)C2)c(C)n1. The van der Waals surface area contributed by atoms with Gasteiger partial charge in [-0.1, -0.05) is 23.7 Å². The fourth-order valence-corrected chi connectivity index (χ4v) is 3.67. The lowest BCUT2D eigenvalue weighted by Gasteiger charge is -2.32. The van der Waals surface area contributed by atoms with E-state index in [0.717, 1.165) is 11.4 Å². The van der Waals surface area contributed by atoms with Crippen LogP contribution in [0.15, 0.2) is 36.5 Å². The van der Waals surface area contributed by atoms with Crippen LogP contribution in [-0.2, 0) is 11.2 Å². The van der Waals surface area contributed by atoms with E-state index >= 15 is 0 Å². The molecule has 1 aliphatic rings. The summed E-state index contributed by atoms with van der Waals surface area (Å²) in [5.41, 5.74) is 2.89. The number of benzene rings is 1. The topological polar surface area (TPSA) is 93.2 Å². The smallest absolute Gasteiger partial charge is 0.257 e. The van der Waals surface area contributed by atoms with Crippen molar-refractivity contribution in [2.24, 2.45) is 0 Å². The summed E-state index contributed by atoms with van der Waals surface area (Å²) in [6, 6.07) is 9.33. The number of nitrogens with one attached hydrogen (secondary N) is 1. The van der Waals surface area contributed by atoms with E-state index in [-0.39, 0.29) is 12.0 Å². The maximum Gasteiger partial charge on any atom is 0.257 e. The zero-order chi connectivity index (χ0) is 21.8. The number of carbonyl (C=O) groups is 1. The molecule has 31 heavy (non-hydrogen) atoms. The number of morpholine rings is 1. The Hall–Kier alpha value is -2.97. The van der Waals surface area contributed by atoms with Crippen molar-refractivity contribution in [1.82, 2.24) is 25.1 Å². The minimum Gasteiger partial charge on any atom is -0.492 e. The summed E-state index contributed by atoms with van der Waals surface area (Å²) in [7, 11) is 0. The second-order valence-corrected chi connectivity index (χ2v) is 7.78. The summed E-state index contributed by atoms with van der Waals surface area (Å²) in [5, 5.41) is 8.00. The van der Waals surface area contributed by atoms with Crippen LogP contribution >= 0.6 is 11.6 Å². The average molecular weight is 442 g/mol. The van der Waals surface area contributed by atoms with Crippen LogP contribution < -0.4 is 4.74 Å². The van der Waals surface area contributed by atoms with Crippen LogP contribution in [0.25, 0.3) is 0 Å². The van der Waals surface area contributed by atoms with Gasteiger partial charge in [-0.25, -0.2) is 9.97 Å². The van der Waals surface area contributed by atoms with E-state index in [4.69, 9.17) is 21.1 Å². The molecule has 3 heterocycles. The molecule has 1 saturated heterocycles. The lowest BCUT2D eigenvalue weighted by Crippen LogP contribution is -2.42. The molecule has 0 bridgehead atoms. The first-order chi connectivity index (χ1) is 15.0. The third-order valence-electron chi connectivity index (χ3n) is 5.13. The molecule has 3 aromatic rings. The molecule has 1 aromatic carbocycles. The number of aromatic amines is 1. The molecule has 162 valence electrons. The van der Waals surface area contributed by atoms with E-state index in [0.29, 0.717) is 60.6 Å². The summed E-state index contributed by atoms with van der Waals surface area (Å²) in [5.74, 6) is 1.22. The summed E-state index contributed by atoms with van der Waals surface area (Å²) < 4.78 is 11.6. The van der Waals surface area contributed by atoms with Crippen LogP contribution in [0.2, 0.25) is 5.02 Å². The lowest BCUT2D eigenvalue weighted by atomic mass is 10.1. The molecule has 1 atom stereocenters. The number of para-hydroxylation sites is 1. The number of halogens is 1. The predicted molar refractivity (Wildman–Crippen MR) is 115 cm³/mol. The van der Waals surface area contributed by atoms with Gasteiger partial charge in [0.2, 0.25) is 0 Å². The van der Waals surface area contributed by atoms with Gasteiger partial charge in [0.05, 0.1) is 41.7 Å². The first-order valence-electron chi connectivity index (χ1n) is 10.1. The van der Waals surface area contributed by atoms with Crippen molar-refractivity contribution in [2.75, 3.05) is 26.3 Å². The molecule has 2 aromatic heterocycles. The highest BCUT2D eigenvalue weighted by molar-refractivity contribution is 6.32. The molecule has 0 saturated carbocycles. The van der Waals surface area contributed by atoms with E-state index < -0.39 is 0 Å². The Morgan fingerprint density at radius 1 is 1.35 bits per heavy atom. The summed E-state index contributed by atoms with van der Waals surface area (Å²) in [6.07, 6.45) is 1.95.